The van der Waals surface area contributed by atoms with Crippen molar-refractivity contribution in [3.63, 3.8) is 0 Å². The summed E-state index contributed by atoms with van der Waals surface area (Å²) in [5, 5.41) is 12.1. The van der Waals surface area contributed by atoms with Gasteiger partial charge in [0.1, 0.15) is 0 Å². The molecule has 0 spiro atoms. The minimum Gasteiger partial charge on any atom is -0.208 e. The van der Waals surface area contributed by atoms with Crippen LogP contribution >= 0.6 is 0 Å². The zero-order chi connectivity index (χ0) is 30.5. The lowest BCUT2D eigenvalue weighted by molar-refractivity contribution is 0.666. The molecule has 0 saturated carbocycles. The van der Waals surface area contributed by atoms with Crippen LogP contribution in [0.3, 0.4) is 0 Å². The number of fused-ring (bicyclic) bond motifs is 5. The molecule has 0 N–H and O–H groups in total. The van der Waals surface area contributed by atoms with E-state index in [1.165, 1.54) is 38.6 Å². The SMILES string of the molecule is CC1(C)c2cc(C#N)ccc2-c2c(-c3ccc(-c4nc(-c5ccccc5)nc(-c5ccccc5)n4)cc3)cc3ccccc3c21. The van der Waals surface area contributed by atoms with Crippen molar-refractivity contribution < 1.29 is 0 Å². The molecule has 0 amide bonds. The molecule has 1 aromatic heterocycles. The van der Waals surface area contributed by atoms with Crippen molar-refractivity contribution in [3.8, 4) is 62.5 Å². The van der Waals surface area contributed by atoms with Crippen LogP contribution in [0.15, 0.2) is 133 Å². The first-order valence-corrected chi connectivity index (χ1v) is 15.1. The van der Waals surface area contributed by atoms with Gasteiger partial charge in [-0.15, -0.1) is 0 Å². The zero-order valence-electron chi connectivity index (χ0n) is 25.0. The maximum Gasteiger partial charge on any atom is 0.164 e. The lowest BCUT2D eigenvalue weighted by atomic mass is 9.79. The molecular formula is C41H28N4. The molecule has 212 valence electrons. The molecular weight excluding hydrogens is 548 g/mol. The van der Waals surface area contributed by atoms with Crippen molar-refractivity contribution in [2.75, 3.05) is 0 Å². The van der Waals surface area contributed by atoms with Gasteiger partial charge in [-0.1, -0.05) is 129 Å². The summed E-state index contributed by atoms with van der Waals surface area (Å²) >= 11 is 0. The third-order valence-corrected chi connectivity index (χ3v) is 8.92. The minimum atomic E-state index is -0.250. The molecule has 0 atom stereocenters. The van der Waals surface area contributed by atoms with Gasteiger partial charge >= 0.3 is 0 Å². The average molecular weight is 577 g/mol. The molecule has 1 heterocycles. The summed E-state index contributed by atoms with van der Waals surface area (Å²) in [7, 11) is 0. The predicted octanol–water partition coefficient (Wildman–Crippen LogP) is 9.87. The van der Waals surface area contributed by atoms with E-state index < -0.39 is 0 Å². The largest absolute Gasteiger partial charge is 0.208 e. The monoisotopic (exact) mass is 576 g/mol. The van der Waals surface area contributed by atoms with E-state index >= 15 is 0 Å². The highest BCUT2D eigenvalue weighted by Crippen LogP contribution is 2.55. The van der Waals surface area contributed by atoms with Gasteiger partial charge in [-0.05, 0) is 62.4 Å². The third kappa shape index (κ3) is 4.41. The van der Waals surface area contributed by atoms with E-state index in [9.17, 15) is 5.26 Å². The fourth-order valence-electron chi connectivity index (χ4n) is 6.72. The quantitative estimate of drug-likeness (QED) is 0.209. The molecule has 0 unspecified atom stereocenters. The summed E-state index contributed by atoms with van der Waals surface area (Å²) in [6.45, 7) is 4.54. The Balaban J connectivity index is 1.29. The van der Waals surface area contributed by atoms with Gasteiger partial charge in [0.2, 0.25) is 0 Å². The highest BCUT2D eigenvalue weighted by atomic mass is 15.0. The molecule has 45 heavy (non-hydrogen) atoms. The molecule has 0 aliphatic heterocycles. The van der Waals surface area contributed by atoms with Crippen molar-refractivity contribution in [3.05, 3.63) is 150 Å². The van der Waals surface area contributed by atoms with Gasteiger partial charge in [-0.3, -0.25) is 0 Å². The maximum absolute atomic E-state index is 9.68. The second-order valence-electron chi connectivity index (χ2n) is 12.0. The number of nitriles is 1. The first-order chi connectivity index (χ1) is 22.0. The Morgan fingerprint density at radius 3 is 1.67 bits per heavy atom. The van der Waals surface area contributed by atoms with Crippen LogP contribution in [0, 0.1) is 11.3 Å². The van der Waals surface area contributed by atoms with E-state index in [4.69, 9.17) is 15.0 Å². The van der Waals surface area contributed by atoms with Crippen molar-refractivity contribution in [2.45, 2.75) is 19.3 Å². The fraction of sp³-hybridized carbons (Fsp3) is 0.0732. The molecule has 0 saturated heterocycles. The lowest BCUT2D eigenvalue weighted by Gasteiger charge is -2.24. The molecule has 1 aliphatic carbocycles. The molecule has 4 heteroatoms. The van der Waals surface area contributed by atoms with Crippen LogP contribution in [0.5, 0.6) is 0 Å². The van der Waals surface area contributed by atoms with E-state index in [0.717, 1.165) is 22.3 Å². The van der Waals surface area contributed by atoms with Crippen molar-refractivity contribution in [2.24, 2.45) is 0 Å². The van der Waals surface area contributed by atoms with Crippen molar-refractivity contribution in [1.82, 2.24) is 15.0 Å². The number of hydrogen-bond donors (Lipinski definition) is 0. The van der Waals surface area contributed by atoms with Crippen LogP contribution in [-0.2, 0) is 5.41 Å². The zero-order valence-corrected chi connectivity index (χ0v) is 25.0. The van der Waals surface area contributed by atoms with Crippen LogP contribution in [0.4, 0.5) is 0 Å². The van der Waals surface area contributed by atoms with Gasteiger partial charge in [-0.25, -0.2) is 15.0 Å². The minimum absolute atomic E-state index is 0.250. The van der Waals surface area contributed by atoms with Crippen LogP contribution in [-0.4, -0.2) is 15.0 Å². The maximum atomic E-state index is 9.68. The molecule has 0 bridgehead atoms. The number of nitrogens with zero attached hydrogens (tertiary/aromatic N) is 4. The lowest BCUT2D eigenvalue weighted by Crippen LogP contribution is -2.15. The van der Waals surface area contributed by atoms with Crippen molar-refractivity contribution >= 4 is 10.8 Å². The summed E-state index contributed by atoms with van der Waals surface area (Å²) < 4.78 is 0. The molecule has 4 nitrogen and oxygen atoms in total. The Kier molecular flexibility index (Phi) is 6.15. The second-order valence-corrected chi connectivity index (χ2v) is 12.0. The van der Waals surface area contributed by atoms with Gasteiger partial charge in [0.15, 0.2) is 17.5 Å². The number of aromatic nitrogens is 3. The summed E-state index contributed by atoms with van der Waals surface area (Å²) in [6.07, 6.45) is 0. The highest BCUT2D eigenvalue weighted by molar-refractivity contribution is 6.04. The van der Waals surface area contributed by atoms with Gasteiger partial charge in [-0.2, -0.15) is 5.26 Å². The Hall–Kier alpha value is -5.92. The molecule has 1 aliphatic rings. The Morgan fingerprint density at radius 1 is 0.533 bits per heavy atom. The van der Waals surface area contributed by atoms with E-state index in [0.29, 0.717) is 23.0 Å². The van der Waals surface area contributed by atoms with Crippen LogP contribution in [0.1, 0.15) is 30.5 Å². The van der Waals surface area contributed by atoms with E-state index in [-0.39, 0.29) is 5.41 Å². The fourth-order valence-corrected chi connectivity index (χ4v) is 6.72. The van der Waals surface area contributed by atoms with E-state index in [1.54, 1.807) is 0 Å². The Labute approximate surface area is 262 Å². The number of hydrogen-bond acceptors (Lipinski definition) is 4. The number of rotatable bonds is 4. The van der Waals surface area contributed by atoms with E-state index in [1.807, 2.05) is 66.7 Å². The number of benzene rings is 6. The Bertz CT molecular complexity index is 2220. The van der Waals surface area contributed by atoms with Gasteiger partial charge < -0.3 is 0 Å². The third-order valence-electron chi connectivity index (χ3n) is 8.92. The van der Waals surface area contributed by atoms with Crippen LogP contribution in [0.25, 0.3) is 67.2 Å². The molecule has 0 fully saturated rings. The summed E-state index contributed by atoms with van der Waals surface area (Å²) in [5.74, 6) is 1.92. The first kappa shape index (κ1) is 26.7. The normalized spacial score (nSPS) is 12.8. The van der Waals surface area contributed by atoms with Crippen molar-refractivity contribution in [1.29, 1.82) is 5.26 Å². The van der Waals surface area contributed by atoms with Gasteiger partial charge in [0.05, 0.1) is 11.6 Å². The smallest absolute Gasteiger partial charge is 0.164 e. The highest BCUT2D eigenvalue weighted by Gasteiger charge is 2.38. The predicted molar refractivity (Wildman–Crippen MR) is 181 cm³/mol. The molecule has 6 aromatic carbocycles. The standard InChI is InChI=1S/C41H28N4/c1-41(2)35-23-26(25-42)17-22-33(35)36-34(24-31-15-9-10-16-32(31)37(36)41)27-18-20-30(21-19-27)40-44-38(28-11-5-3-6-12-28)43-39(45-40)29-13-7-4-8-14-29/h3-24H,1-2H3. The van der Waals surface area contributed by atoms with Gasteiger partial charge in [0, 0.05) is 22.1 Å². The summed E-state index contributed by atoms with van der Waals surface area (Å²) in [4.78, 5) is 14.7. The molecule has 7 aromatic rings. The topological polar surface area (TPSA) is 62.5 Å². The van der Waals surface area contributed by atoms with Crippen LogP contribution in [0.2, 0.25) is 0 Å². The van der Waals surface area contributed by atoms with Gasteiger partial charge in [0.25, 0.3) is 0 Å². The van der Waals surface area contributed by atoms with Crippen LogP contribution < -0.4 is 0 Å². The Morgan fingerprint density at radius 2 is 1.07 bits per heavy atom. The van der Waals surface area contributed by atoms with E-state index in [2.05, 4.69) is 86.6 Å². The average Bonchev–Trinajstić information content (AvgIpc) is 3.34. The first-order valence-electron chi connectivity index (χ1n) is 15.1. The second kappa shape index (κ2) is 10.4. The molecule has 0 radical (unpaired) electrons. The summed E-state index contributed by atoms with van der Waals surface area (Å²) in [5.41, 5.74) is 10.5. The molecule has 8 rings (SSSR count). The summed E-state index contributed by atoms with van der Waals surface area (Å²) in [6, 6.07) is 48.0.